The van der Waals surface area contributed by atoms with Gasteiger partial charge in [-0.1, -0.05) is 6.07 Å². The first kappa shape index (κ1) is 14.9. The summed E-state index contributed by atoms with van der Waals surface area (Å²) in [4.78, 5) is 15.1. The van der Waals surface area contributed by atoms with Crippen molar-refractivity contribution in [1.82, 2.24) is 14.9 Å². The van der Waals surface area contributed by atoms with E-state index < -0.39 is 0 Å². The first-order valence-corrected chi connectivity index (χ1v) is 9.41. The molecule has 7 heteroatoms. The molecule has 120 valence electrons. The van der Waals surface area contributed by atoms with Crippen molar-refractivity contribution in [1.29, 1.82) is 0 Å². The highest BCUT2D eigenvalue weighted by molar-refractivity contribution is 7.13. The van der Waals surface area contributed by atoms with E-state index in [1.165, 1.54) is 0 Å². The van der Waals surface area contributed by atoms with Crippen molar-refractivity contribution >= 4 is 27.8 Å². The molecule has 1 aliphatic heterocycles. The molecule has 0 N–H and O–H groups in total. The minimum absolute atomic E-state index is 0.729. The molecular weight excluding hydrogens is 328 g/mol. The van der Waals surface area contributed by atoms with Crippen LogP contribution in [-0.2, 0) is 6.54 Å². The van der Waals surface area contributed by atoms with Gasteiger partial charge >= 0.3 is 0 Å². The second kappa shape index (κ2) is 6.43. The molecule has 1 fully saturated rings. The normalized spacial score (nSPS) is 16.1. The predicted octanol–water partition coefficient (Wildman–Crippen LogP) is 3.49. The molecule has 1 saturated heterocycles. The van der Waals surface area contributed by atoms with Crippen LogP contribution in [0.3, 0.4) is 0 Å². The van der Waals surface area contributed by atoms with Gasteiger partial charge in [0.15, 0.2) is 5.13 Å². The van der Waals surface area contributed by atoms with Gasteiger partial charge in [0.25, 0.3) is 0 Å². The SMILES string of the molecule is Cc1csc(N2CCN(Cc3coc(-c4cccs4)n3)CC2)n1. The van der Waals surface area contributed by atoms with E-state index in [4.69, 9.17) is 4.42 Å². The standard InChI is InChI=1S/C16H18N4OS2/c1-12-11-23-16(17-12)20-6-4-19(5-7-20)9-13-10-21-15(18-13)14-3-2-8-22-14/h2-3,8,10-11H,4-7,9H2,1H3. The van der Waals surface area contributed by atoms with Crippen molar-refractivity contribution in [3.63, 3.8) is 0 Å². The molecule has 4 rings (SSSR count). The second-order valence-electron chi connectivity index (χ2n) is 5.66. The lowest BCUT2D eigenvalue weighted by Crippen LogP contribution is -2.46. The first-order valence-electron chi connectivity index (χ1n) is 7.65. The van der Waals surface area contributed by atoms with E-state index in [1.807, 2.05) is 24.4 Å². The molecule has 0 saturated carbocycles. The number of rotatable bonds is 4. The molecule has 3 aromatic rings. The molecule has 0 spiro atoms. The molecule has 0 aliphatic carbocycles. The maximum Gasteiger partial charge on any atom is 0.236 e. The van der Waals surface area contributed by atoms with E-state index >= 15 is 0 Å². The minimum Gasteiger partial charge on any atom is -0.444 e. The first-order chi connectivity index (χ1) is 11.3. The van der Waals surface area contributed by atoms with Crippen molar-refractivity contribution < 1.29 is 4.42 Å². The summed E-state index contributed by atoms with van der Waals surface area (Å²) in [5.74, 6) is 0.729. The van der Waals surface area contributed by atoms with Gasteiger partial charge in [0, 0.05) is 38.1 Å². The Morgan fingerprint density at radius 1 is 1.17 bits per heavy atom. The van der Waals surface area contributed by atoms with Crippen LogP contribution in [0.15, 0.2) is 33.6 Å². The van der Waals surface area contributed by atoms with E-state index in [-0.39, 0.29) is 0 Å². The lowest BCUT2D eigenvalue weighted by Gasteiger charge is -2.34. The Morgan fingerprint density at radius 3 is 2.74 bits per heavy atom. The lowest BCUT2D eigenvalue weighted by molar-refractivity contribution is 0.247. The van der Waals surface area contributed by atoms with E-state index in [1.54, 1.807) is 28.9 Å². The predicted molar refractivity (Wildman–Crippen MR) is 94.2 cm³/mol. The highest BCUT2D eigenvalue weighted by Gasteiger charge is 2.20. The van der Waals surface area contributed by atoms with Gasteiger partial charge in [-0.3, -0.25) is 4.90 Å². The second-order valence-corrected chi connectivity index (χ2v) is 7.44. The van der Waals surface area contributed by atoms with Crippen LogP contribution in [0.1, 0.15) is 11.4 Å². The Hall–Kier alpha value is -1.70. The van der Waals surface area contributed by atoms with Crippen LogP contribution in [0.5, 0.6) is 0 Å². The van der Waals surface area contributed by atoms with Crippen LogP contribution in [0.25, 0.3) is 10.8 Å². The maximum atomic E-state index is 5.60. The van der Waals surface area contributed by atoms with Gasteiger partial charge in [-0.15, -0.1) is 22.7 Å². The Kier molecular flexibility index (Phi) is 4.15. The van der Waals surface area contributed by atoms with Crippen LogP contribution in [0.4, 0.5) is 5.13 Å². The molecule has 4 heterocycles. The van der Waals surface area contributed by atoms with Crippen molar-refractivity contribution in [3.8, 4) is 10.8 Å². The zero-order chi connectivity index (χ0) is 15.6. The molecule has 5 nitrogen and oxygen atoms in total. The van der Waals surface area contributed by atoms with E-state index in [9.17, 15) is 0 Å². The molecule has 0 amide bonds. The minimum atomic E-state index is 0.729. The van der Waals surface area contributed by atoms with Gasteiger partial charge in [0.2, 0.25) is 5.89 Å². The summed E-state index contributed by atoms with van der Waals surface area (Å²) in [5.41, 5.74) is 2.11. The summed E-state index contributed by atoms with van der Waals surface area (Å²) in [6.07, 6.45) is 1.78. The smallest absolute Gasteiger partial charge is 0.236 e. The molecule has 0 bridgehead atoms. The van der Waals surface area contributed by atoms with Gasteiger partial charge < -0.3 is 9.32 Å². The fourth-order valence-electron chi connectivity index (χ4n) is 2.71. The van der Waals surface area contributed by atoms with Gasteiger partial charge in [-0.05, 0) is 18.4 Å². The number of thiazole rings is 1. The van der Waals surface area contributed by atoms with Crippen LogP contribution in [0.2, 0.25) is 0 Å². The van der Waals surface area contributed by atoms with E-state index in [0.717, 1.165) is 60.0 Å². The Bertz CT molecular complexity index is 757. The number of nitrogens with zero attached hydrogens (tertiary/aromatic N) is 4. The highest BCUT2D eigenvalue weighted by atomic mass is 32.1. The molecule has 0 atom stereocenters. The Labute approximate surface area is 143 Å². The summed E-state index contributed by atoms with van der Waals surface area (Å²) in [7, 11) is 0. The number of piperazine rings is 1. The molecule has 0 aromatic carbocycles. The topological polar surface area (TPSA) is 45.4 Å². The molecule has 1 aliphatic rings. The lowest BCUT2D eigenvalue weighted by atomic mass is 10.3. The van der Waals surface area contributed by atoms with Gasteiger partial charge in [0.05, 0.1) is 16.3 Å². The molecule has 3 aromatic heterocycles. The fraction of sp³-hybridized carbons (Fsp3) is 0.375. The molecule has 0 unspecified atom stereocenters. The summed E-state index contributed by atoms with van der Waals surface area (Å²) < 4.78 is 5.60. The quantitative estimate of drug-likeness (QED) is 0.723. The van der Waals surface area contributed by atoms with Crippen LogP contribution < -0.4 is 4.90 Å². The molecule has 23 heavy (non-hydrogen) atoms. The number of hydrogen-bond acceptors (Lipinski definition) is 7. The van der Waals surface area contributed by atoms with Gasteiger partial charge in [-0.2, -0.15) is 0 Å². The van der Waals surface area contributed by atoms with Crippen LogP contribution in [-0.4, -0.2) is 41.0 Å². The maximum absolute atomic E-state index is 5.60. The monoisotopic (exact) mass is 346 g/mol. The van der Waals surface area contributed by atoms with Crippen molar-refractivity contribution in [2.45, 2.75) is 13.5 Å². The number of hydrogen-bond donors (Lipinski definition) is 0. The van der Waals surface area contributed by atoms with Gasteiger partial charge in [0.1, 0.15) is 6.26 Å². The molecular formula is C16H18N4OS2. The fourth-order valence-corrected chi connectivity index (χ4v) is 4.22. The Morgan fingerprint density at radius 2 is 2.04 bits per heavy atom. The number of anilines is 1. The summed E-state index contributed by atoms with van der Waals surface area (Å²) in [5, 5.41) is 5.30. The Balaban J connectivity index is 1.34. The number of aromatic nitrogens is 2. The summed E-state index contributed by atoms with van der Waals surface area (Å²) >= 11 is 3.39. The largest absolute Gasteiger partial charge is 0.444 e. The third-order valence-electron chi connectivity index (χ3n) is 3.92. The summed E-state index contributed by atoms with van der Waals surface area (Å²) in [6.45, 7) is 6.98. The molecule has 0 radical (unpaired) electrons. The summed E-state index contributed by atoms with van der Waals surface area (Å²) in [6, 6.07) is 4.05. The average Bonchev–Trinajstić information content (AvgIpc) is 3.28. The van der Waals surface area contributed by atoms with Crippen LogP contribution in [0, 0.1) is 6.92 Å². The van der Waals surface area contributed by atoms with E-state index in [2.05, 4.69) is 25.1 Å². The highest BCUT2D eigenvalue weighted by Crippen LogP contribution is 2.25. The van der Waals surface area contributed by atoms with Crippen molar-refractivity contribution in [2.24, 2.45) is 0 Å². The zero-order valence-electron chi connectivity index (χ0n) is 12.9. The third-order valence-corrected chi connectivity index (χ3v) is 5.80. The average molecular weight is 346 g/mol. The van der Waals surface area contributed by atoms with Crippen molar-refractivity contribution in [2.75, 3.05) is 31.1 Å². The zero-order valence-corrected chi connectivity index (χ0v) is 14.6. The number of aryl methyl sites for hydroxylation is 1. The van der Waals surface area contributed by atoms with Crippen LogP contribution >= 0.6 is 22.7 Å². The number of thiophene rings is 1. The number of oxazole rings is 1. The van der Waals surface area contributed by atoms with Crippen molar-refractivity contribution in [3.05, 3.63) is 40.5 Å². The van der Waals surface area contributed by atoms with E-state index in [0.29, 0.717) is 0 Å². The van der Waals surface area contributed by atoms with Gasteiger partial charge in [-0.25, -0.2) is 9.97 Å². The third kappa shape index (κ3) is 3.31.